The molecule has 0 fully saturated rings. The van der Waals surface area contributed by atoms with Gasteiger partial charge in [-0.2, -0.15) is 0 Å². The third-order valence-corrected chi connectivity index (χ3v) is 3.88. The molecule has 1 atom stereocenters. The van der Waals surface area contributed by atoms with Crippen LogP contribution in [0.1, 0.15) is 17.4 Å². The van der Waals surface area contributed by atoms with Gasteiger partial charge in [-0.1, -0.05) is 41.9 Å². The first-order valence-electron chi connectivity index (χ1n) is 8.06. The molecule has 28 heavy (non-hydrogen) atoms. The Morgan fingerprint density at radius 3 is 2.71 bits per heavy atom. The first-order chi connectivity index (χ1) is 13.5. The van der Waals surface area contributed by atoms with E-state index in [1.165, 1.54) is 18.2 Å². The van der Waals surface area contributed by atoms with Crippen molar-refractivity contribution in [3.05, 3.63) is 70.6 Å². The molecule has 2 aromatic carbocycles. The van der Waals surface area contributed by atoms with Gasteiger partial charge in [0.1, 0.15) is 5.82 Å². The smallest absolute Gasteiger partial charge is 0.379 e. The first kappa shape index (κ1) is 19.4. The lowest BCUT2D eigenvalue weighted by atomic mass is 10.2. The van der Waals surface area contributed by atoms with E-state index in [-0.39, 0.29) is 23.1 Å². The highest BCUT2D eigenvalue weighted by molar-refractivity contribution is 6.31. The SMILES string of the molecule is Nc1nonc1C(NOC(=O)NCc1ccccc1)Nc1ccc(F)c(Cl)c1. The molecule has 146 valence electrons. The molecular formula is C17H16ClFN6O3. The van der Waals surface area contributed by atoms with Crippen LogP contribution in [0.3, 0.4) is 0 Å². The molecule has 3 aromatic rings. The van der Waals surface area contributed by atoms with Gasteiger partial charge in [-0.3, -0.25) is 0 Å². The summed E-state index contributed by atoms with van der Waals surface area (Å²) < 4.78 is 17.9. The van der Waals surface area contributed by atoms with Crippen molar-refractivity contribution in [3.63, 3.8) is 0 Å². The number of nitrogens with one attached hydrogen (secondary N) is 3. The van der Waals surface area contributed by atoms with Crippen LogP contribution in [0.25, 0.3) is 0 Å². The number of benzene rings is 2. The number of aromatic nitrogens is 2. The summed E-state index contributed by atoms with van der Waals surface area (Å²) in [7, 11) is 0. The molecule has 0 saturated heterocycles. The molecule has 1 amide bonds. The van der Waals surface area contributed by atoms with Crippen molar-refractivity contribution in [3.8, 4) is 0 Å². The predicted octanol–water partition coefficient (Wildman–Crippen LogP) is 2.99. The van der Waals surface area contributed by atoms with Gasteiger partial charge in [-0.05, 0) is 34.1 Å². The summed E-state index contributed by atoms with van der Waals surface area (Å²) in [6.45, 7) is 0.278. The number of nitrogen functional groups attached to an aromatic ring is 1. The van der Waals surface area contributed by atoms with Gasteiger partial charge in [0.25, 0.3) is 0 Å². The van der Waals surface area contributed by atoms with E-state index in [1.54, 1.807) is 0 Å². The molecule has 0 radical (unpaired) electrons. The third kappa shape index (κ3) is 5.09. The van der Waals surface area contributed by atoms with Gasteiger partial charge in [-0.15, -0.1) is 5.48 Å². The number of nitrogens with zero attached hydrogens (tertiary/aromatic N) is 2. The quantitative estimate of drug-likeness (QED) is 0.348. The molecule has 0 aliphatic heterocycles. The second-order valence-electron chi connectivity index (χ2n) is 5.59. The minimum Gasteiger partial charge on any atom is -0.379 e. The Hall–Kier alpha value is -3.37. The Labute approximate surface area is 163 Å². The van der Waals surface area contributed by atoms with Crippen LogP contribution < -0.4 is 21.8 Å². The molecule has 0 bridgehead atoms. The maximum atomic E-state index is 13.3. The molecule has 0 spiro atoms. The number of nitrogens with two attached hydrogens (primary N) is 1. The average molecular weight is 407 g/mol. The molecule has 0 aliphatic rings. The van der Waals surface area contributed by atoms with E-state index in [0.29, 0.717) is 5.69 Å². The molecular weight excluding hydrogens is 391 g/mol. The van der Waals surface area contributed by atoms with E-state index in [4.69, 9.17) is 22.2 Å². The van der Waals surface area contributed by atoms with E-state index >= 15 is 0 Å². The molecule has 9 nitrogen and oxygen atoms in total. The summed E-state index contributed by atoms with van der Waals surface area (Å²) in [6.07, 6.45) is -1.67. The summed E-state index contributed by atoms with van der Waals surface area (Å²) in [5.74, 6) is -0.595. The Bertz CT molecular complexity index is 940. The summed E-state index contributed by atoms with van der Waals surface area (Å²) in [5.41, 5.74) is 9.63. The first-order valence-corrected chi connectivity index (χ1v) is 8.44. The molecule has 3 rings (SSSR count). The van der Waals surface area contributed by atoms with E-state index in [0.717, 1.165) is 5.56 Å². The highest BCUT2D eigenvalue weighted by Crippen LogP contribution is 2.24. The maximum Gasteiger partial charge on any atom is 0.426 e. The standard InChI is InChI=1S/C17H16ClFN6O3/c18-12-8-11(6-7-13(12)19)22-16(14-15(20)24-28-23-14)25-27-17(26)21-9-10-4-2-1-3-5-10/h1-8,16,22,25H,9H2,(H2,20,24)(H,21,26). The lowest BCUT2D eigenvalue weighted by Crippen LogP contribution is -2.35. The van der Waals surface area contributed by atoms with E-state index in [1.807, 2.05) is 30.3 Å². The van der Waals surface area contributed by atoms with Crippen LogP contribution >= 0.6 is 11.6 Å². The van der Waals surface area contributed by atoms with Gasteiger partial charge in [0.05, 0.1) is 5.02 Å². The van der Waals surface area contributed by atoms with Gasteiger partial charge in [0.15, 0.2) is 17.7 Å². The summed E-state index contributed by atoms with van der Waals surface area (Å²) >= 11 is 5.78. The number of carbonyl (C=O) groups excluding carboxylic acids is 1. The molecule has 5 N–H and O–H groups in total. The number of halogens is 2. The van der Waals surface area contributed by atoms with Crippen LogP contribution in [0.5, 0.6) is 0 Å². The number of hydroxylamine groups is 1. The van der Waals surface area contributed by atoms with Gasteiger partial charge in [-0.25, -0.2) is 13.8 Å². The molecule has 1 unspecified atom stereocenters. The van der Waals surface area contributed by atoms with Gasteiger partial charge >= 0.3 is 6.09 Å². The number of rotatable bonds is 7. The monoisotopic (exact) mass is 406 g/mol. The van der Waals surface area contributed by atoms with Crippen molar-refractivity contribution in [2.45, 2.75) is 12.7 Å². The van der Waals surface area contributed by atoms with Crippen LogP contribution in [0, 0.1) is 5.82 Å². The van der Waals surface area contributed by atoms with Crippen molar-refractivity contribution >= 4 is 29.2 Å². The lowest BCUT2D eigenvalue weighted by molar-refractivity contribution is 0.0718. The zero-order valence-corrected chi connectivity index (χ0v) is 15.1. The summed E-state index contributed by atoms with van der Waals surface area (Å²) in [5, 5.41) is 12.6. The Balaban J connectivity index is 1.63. The summed E-state index contributed by atoms with van der Waals surface area (Å²) in [6, 6.07) is 13.3. The predicted molar refractivity (Wildman–Crippen MR) is 99.4 cm³/mol. The number of hydrogen-bond donors (Lipinski definition) is 4. The van der Waals surface area contributed by atoms with Crippen LogP contribution in [-0.4, -0.2) is 16.4 Å². The van der Waals surface area contributed by atoms with Crippen molar-refractivity contribution in [2.75, 3.05) is 11.1 Å². The second-order valence-corrected chi connectivity index (χ2v) is 5.99. The molecule has 0 aliphatic carbocycles. The minimum absolute atomic E-state index is 0.0218. The fourth-order valence-corrected chi connectivity index (χ4v) is 2.41. The Morgan fingerprint density at radius 1 is 1.25 bits per heavy atom. The van der Waals surface area contributed by atoms with Crippen LogP contribution in [0.15, 0.2) is 53.2 Å². The van der Waals surface area contributed by atoms with Crippen LogP contribution in [-0.2, 0) is 11.4 Å². The molecule has 0 saturated carbocycles. The number of hydrogen-bond acceptors (Lipinski definition) is 8. The fraction of sp³-hybridized carbons (Fsp3) is 0.118. The van der Waals surface area contributed by atoms with Crippen LogP contribution in [0.2, 0.25) is 5.02 Å². The second kappa shape index (κ2) is 9.02. The van der Waals surface area contributed by atoms with Gasteiger partial charge in [0.2, 0.25) is 0 Å². The van der Waals surface area contributed by atoms with Gasteiger partial charge in [0, 0.05) is 12.2 Å². The van der Waals surface area contributed by atoms with Crippen molar-refractivity contribution in [2.24, 2.45) is 0 Å². The molecule has 1 heterocycles. The molecule has 1 aromatic heterocycles. The third-order valence-electron chi connectivity index (χ3n) is 3.59. The van der Waals surface area contributed by atoms with Crippen molar-refractivity contribution in [1.29, 1.82) is 0 Å². The van der Waals surface area contributed by atoms with E-state index < -0.39 is 18.1 Å². The zero-order valence-electron chi connectivity index (χ0n) is 14.4. The normalized spacial score (nSPS) is 11.6. The van der Waals surface area contributed by atoms with Crippen molar-refractivity contribution < 1.29 is 18.7 Å². The minimum atomic E-state index is -0.935. The zero-order chi connectivity index (χ0) is 19.9. The maximum absolute atomic E-state index is 13.3. The van der Waals surface area contributed by atoms with E-state index in [9.17, 15) is 9.18 Å². The summed E-state index contributed by atoms with van der Waals surface area (Å²) in [4.78, 5) is 16.9. The number of anilines is 2. The average Bonchev–Trinajstić information content (AvgIpc) is 3.13. The Kier molecular flexibility index (Phi) is 6.25. The highest BCUT2D eigenvalue weighted by atomic mass is 35.5. The Morgan fingerprint density at radius 2 is 2.04 bits per heavy atom. The lowest BCUT2D eigenvalue weighted by Gasteiger charge is -2.19. The number of amides is 1. The van der Waals surface area contributed by atoms with Crippen molar-refractivity contribution in [1.82, 2.24) is 21.1 Å². The largest absolute Gasteiger partial charge is 0.426 e. The fourth-order valence-electron chi connectivity index (χ4n) is 2.23. The topological polar surface area (TPSA) is 127 Å². The van der Waals surface area contributed by atoms with Gasteiger partial charge < -0.3 is 21.2 Å². The molecule has 11 heteroatoms. The van der Waals surface area contributed by atoms with Crippen LogP contribution in [0.4, 0.5) is 20.7 Å². The van der Waals surface area contributed by atoms with E-state index in [2.05, 4.69) is 31.1 Å². The highest BCUT2D eigenvalue weighted by Gasteiger charge is 2.22. The number of carbonyl (C=O) groups is 1.